The topological polar surface area (TPSA) is 51.9 Å². The zero-order valence-corrected chi connectivity index (χ0v) is 20.7. The van der Waals surface area contributed by atoms with Crippen LogP contribution in [0.5, 0.6) is 11.5 Å². The van der Waals surface area contributed by atoms with Gasteiger partial charge in [-0.2, -0.15) is 0 Å². The summed E-state index contributed by atoms with van der Waals surface area (Å²) in [5.74, 6) is 2.40. The maximum Gasteiger partial charge on any atom is 0.235 e. The van der Waals surface area contributed by atoms with Crippen LogP contribution in [0, 0.1) is 0 Å². The lowest BCUT2D eigenvalue weighted by Gasteiger charge is -2.31. The summed E-state index contributed by atoms with van der Waals surface area (Å²) in [6.07, 6.45) is 2.24. The lowest BCUT2D eigenvalue weighted by Crippen LogP contribution is -2.31. The first-order chi connectivity index (χ1) is 17.7. The van der Waals surface area contributed by atoms with Crippen LogP contribution in [0.4, 0.5) is 0 Å². The third kappa shape index (κ3) is 3.80. The fourth-order valence-corrected chi connectivity index (χ4v) is 5.03. The molecule has 0 spiro atoms. The molecule has 0 N–H and O–H groups in total. The van der Waals surface area contributed by atoms with Crippen molar-refractivity contribution in [3.63, 3.8) is 0 Å². The maximum absolute atomic E-state index is 5.44. The van der Waals surface area contributed by atoms with Gasteiger partial charge >= 0.3 is 0 Å². The summed E-state index contributed by atoms with van der Waals surface area (Å²) >= 11 is 0. The zero-order chi connectivity index (χ0) is 24.6. The summed E-state index contributed by atoms with van der Waals surface area (Å²) in [5.41, 5.74) is 8.78. The Hall–Kier alpha value is -4.16. The molecule has 2 aromatic heterocycles. The molecule has 0 fully saturated rings. The molecule has 1 aliphatic heterocycles. The molecule has 0 radical (unpaired) electrons. The summed E-state index contributed by atoms with van der Waals surface area (Å²) in [5, 5.41) is 0. The van der Waals surface area contributed by atoms with Crippen LogP contribution in [-0.2, 0) is 6.54 Å². The van der Waals surface area contributed by atoms with Gasteiger partial charge in [0.2, 0.25) is 5.78 Å². The largest absolute Gasteiger partial charge is 0.497 e. The van der Waals surface area contributed by atoms with E-state index < -0.39 is 0 Å². The van der Waals surface area contributed by atoms with E-state index in [1.165, 1.54) is 11.1 Å². The van der Waals surface area contributed by atoms with Crippen LogP contribution in [0.25, 0.3) is 39.7 Å². The number of rotatable bonds is 5. The molecule has 3 aromatic carbocycles. The van der Waals surface area contributed by atoms with Gasteiger partial charge in [0.15, 0.2) is 0 Å². The molecule has 0 bridgehead atoms. The van der Waals surface area contributed by atoms with Crippen LogP contribution in [0.1, 0.15) is 23.7 Å². The number of aromatic nitrogens is 3. The van der Waals surface area contributed by atoms with Gasteiger partial charge in [0, 0.05) is 18.7 Å². The average molecular weight is 477 g/mol. The van der Waals surface area contributed by atoms with Crippen molar-refractivity contribution in [2.24, 2.45) is 0 Å². The Bertz CT molecular complexity index is 1580. The first-order valence-electron chi connectivity index (χ1n) is 12.2. The van der Waals surface area contributed by atoms with Crippen molar-refractivity contribution in [2.75, 3.05) is 27.3 Å². The van der Waals surface area contributed by atoms with Crippen molar-refractivity contribution in [1.29, 1.82) is 0 Å². The molecule has 0 atom stereocenters. The Labute approximate surface area is 210 Å². The van der Waals surface area contributed by atoms with Crippen LogP contribution >= 0.6 is 0 Å². The maximum atomic E-state index is 5.44. The third-order valence-corrected chi connectivity index (χ3v) is 6.90. The number of hydrogen-bond donors (Lipinski definition) is 0. The molecule has 36 heavy (non-hydrogen) atoms. The molecular weight excluding hydrogens is 448 g/mol. The number of hydrogen-bond acceptors (Lipinski definition) is 5. The highest BCUT2D eigenvalue weighted by Gasteiger charge is 2.27. The Kier molecular flexibility index (Phi) is 5.66. The van der Waals surface area contributed by atoms with Crippen molar-refractivity contribution >= 4 is 28.5 Å². The Balaban J connectivity index is 1.64. The third-order valence-electron chi connectivity index (χ3n) is 6.90. The van der Waals surface area contributed by atoms with Gasteiger partial charge in [-0.3, -0.25) is 9.30 Å². The molecule has 180 valence electrons. The highest BCUT2D eigenvalue weighted by Crippen LogP contribution is 2.37. The van der Waals surface area contributed by atoms with Crippen molar-refractivity contribution < 1.29 is 9.47 Å². The van der Waals surface area contributed by atoms with Crippen molar-refractivity contribution in [1.82, 2.24) is 19.3 Å². The minimum Gasteiger partial charge on any atom is -0.497 e. The van der Waals surface area contributed by atoms with Crippen LogP contribution < -0.4 is 9.47 Å². The summed E-state index contributed by atoms with van der Waals surface area (Å²) in [4.78, 5) is 12.5. The zero-order valence-electron chi connectivity index (χ0n) is 20.7. The van der Waals surface area contributed by atoms with E-state index in [4.69, 9.17) is 19.4 Å². The number of likely N-dealkylation sites (N-methyl/N-ethyl adjacent to an activating group) is 1. The molecule has 0 saturated carbocycles. The van der Waals surface area contributed by atoms with Gasteiger partial charge in [0.05, 0.1) is 36.6 Å². The highest BCUT2D eigenvalue weighted by molar-refractivity contribution is 5.89. The molecule has 6 heteroatoms. The second-order valence-corrected chi connectivity index (χ2v) is 9.00. The van der Waals surface area contributed by atoms with E-state index in [0.29, 0.717) is 5.78 Å². The van der Waals surface area contributed by atoms with E-state index in [1.54, 1.807) is 14.2 Å². The molecule has 5 aromatic rings. The van der Waals surface area contributed by atoms with Gasteiger partial charge in [-0.1, -0.05) is 31.2 Å². The fourth-order valence-electron chi connectivity index (χ4n) is 5.03. The van der Waals surface area contributed by atoms with E-state index in [0.717, 1.165) is 64.7 Å². The quantitative estimate of drug-likeness (QED) is 0.314. The van der Waals surface area contributed by atoms with Crippen LogP contribution in [0.3, 0.4) is 0 Å². The number of para-hydroxylation sites is 2. The monoisotopic (exact) mass is 476 g/mol. The first kappa shape index (κ1) is 22.3. The van der Waals surface area contributed by atoms with E-state index in [-0.39, 0.29) is 0 Å². The lowest BCUT2D eigenvalue weighted by molar-refractivity contribution is 0.307. The number of nitrogens with zero attached hydrogens (tertiary/aromatic N) is 4. The van der Waals surface area contributed by atoms with Gasteiger partial charge in [-0.25, -0.2) is 9.97 Å². The molecule has 6 rings (SSSR count). The number of imidazole rings is 1. The van der Waals surface area contributed by atoms with Crippen LogP contribution in [0.15, 0.2) is 72.8 Å². The minimum absolute atomic E-state index is 0.714. The van der Waals surface area contributed by atoms with E-state index in [2.05, 4.69) is 58.7 Å². The first-order valence-corrected chi connectivity index (χ1v) is 12.2. The van der Waals surface area contributed by atoms with Crippen molar-refractivity contribution in [3.05, 3.63) is 89.6 Å². The molecule has 1 aliphatic rings. The summed E-state index contributed by atoms with van der Waals surface area (Å²) < 4.78 is 13.0. The fraction of sp³-hybridized carbons (Fsp3) is 0.200. The summed E-state index contributed by atoms with van der Waals surface area (Å²) in [7, 11) is 3.38. The van der Waals surface area contributed by atoms with Crippen LogP contribution in [0.2, 0.25) is 0 Å². The average Bonchev–Trinajstić information content (AvgIpc) is 3.30. The Morgan fingerprint density at radius 3 is 2.22 bits per heavy atom. The van der Waals surface area contributed by atoms with Crippen LogP contribution in [-0.4, -0.2) is 46.6 Å². The second-order valence-electron chi connectivity index (χ2n) is 9.00. The molecule has 0 aliphatic carbocycles. The normalized spacial score (nSPS) is 14.9. The van der Waals surface area contributed by atoms with Crippen molar-refractivity contribution in [3.8, 4) is 22.8 Å². The van der Waals surface area contributed by atoms with E-state index in [1.807, 2.05) is 36.4 Å². The van der Waals surface area contributed by atoms with Gasteiger partial charge in [-0.05, 0) is 77.9 Å². The smallest absolute Gasteiger partial charge is 0.235 e. The predicted octanol–water partition coefficient (Wildman–Crippen LogP) is 5.94. The minimum atomic E-state index is 0.714. The second kappa shape index (κ2) is 9.13. The summed E-state index contributed by atoms with van der Waals surface area (Å²) in [6, 6.07) is 24.7. The molecule has 3 heterocycles. The number of ether oxygens (including phenoxy) is 2. The Morgan fingerprint density at radius 1 is 0.833 bits per heavy atom. The predicted molar refractivity (Wildman–Crippen MR) is 144 cm³/mol. The Morgan fingerprint density at radius 2 is 1.53 bits per heavy atom. The van der Waals surface area contributed by atoms with E-state index >= 15 is 0 Å². The summed E-state index contributed by atoms with van der Waals surface area (Å²) in [6.45, 7) is 4.81. The molecule has 0 saturated heterocycles. The van der Waals surface area contributed by atoms with Gasteiger partial charge in [0.1, 0.15) is 11.5 Å². The number of fused-ring (bicyclic) bond motifs is 4. The van der Waals surface area contributed by atoms with Gasteiger partial charge < -0.3 is 9.47 Å². The van der Waals surface area contributed by atoms with E-state index in [9.17, 15) is 0 Å². The molecule has 6 nitrogen and oxygen atoms in total. The van der Waals surface area contributed by atoms with Gasteiger partial charge in [-0.15, -0.1) is 0 Å². The SMILES string of the molecule is CCN1C/C(=C/c2ccc(OC)cc2)c2nc3nc4ccccc4n3c(-c3ccc(OC)cc3)c2C1. The van der Waals surface area contributed by atoms with Crippen molar-refractivity contribution in [2.45, 2.75) is 13.5 Å². The van der Waals surface area contributed by atoms with Gasteiger partial charge in [0.25, 0.3) is 0 Å². The number of methoxy groups -OCH3 is 2. The number of benzene rings is 3. The molecule has 0 unspecified atom stereocenters. The lowest BCUT2D eigenvalue weighted by atomic mass is 9.94. The molecule has 0 amide bonds. The molecular formula is C30H28N4O2. The standard InChI is InChI=1S/C30H28N4O2/c1-4-33-18-22(17-20-9-13-23(35-2)14-10-20)28-25(19-33)29(21-11-15-24(36-3)16-12-21)34-27-8-6-5-7-26(27)31-30(34)32-28/h5-17H,4,18-19H2,1-3H3/b22-17-. The highest BCUT2D eigenvalue weighted by atomic mass is 16.5.